The van der Waals surface area contributed by atoms with Crippen LogP contribution in [0.15, 0.2) is 40.9 Å². The zero-order valence-electron chi connectivity index (χ0n) is 11.2. The van der Waals surface area contributed by atoms with Crippen molar-refractivity contribution in [2.24, 2.45) is 0 Å². The average molecular weight is 381 g/mol. The number of thioether (sulfide) groups is 2. The molecule has 1 saturated heterocycles. The molecule has 1 fully saturated rings. The summed E-state index contributed by atoms with van der Waals surface area (Å²) in [6.07, 6.45) is 0. The van der Waals surface area contributed by atoms with E-state index in [0.717, 1.165) is 16.0 Å². The predicted octanol–water partition coefficient (Wildman–Crippen LogP) is 5.32. The Balaban J connectivity index is 1.85. The molecule has 0 aromatic heterocycles. The second-order valence-corrected chi connectivity index (χ2v) is 8.51. The van der Waals surface area contributed by atoms with Crippen LogP contribution in [0.3, 0.4) is 0 Å². The second kappa shape index (κ2) is 5.78. The molecule has 0 spiro atoms. The molecule has 0 aliphatic carbocycles. The van der Waals surface area contributed by atoms with Crippen molar-refractivity contribution < 1.29 is 9.47 Å². The number of ether oxygens (including phenoxy) is 2. The molecule has 2 aromatic carbocycles. The fraction of sp³-hybridized carbons (Fsp3) is 0.250. The van der Waals surface area contributed by atoms with Crippen molar-refractivity contribution in [1.29, 1.82) is 0 Å². The summed E-state index contributed by atoms with van der Waals surface area (Å²) in [6.45, 7) is 0.323. The first-order chi connectivity index (χ1) is 10.3. The molecule has 2 heterocycles. The lowest BCUT2D eigenvalue weighted by Gasteiger charge is -2.16. The Hall–Kier alpha value is -0.780. The van der Waals surface area contributed by atoms with E-state index in [9.17, 15) is 0 Å². The van der Waals surface area contributed by atoms with E-state index in [1.54, 1.807) is 0 Å². The van der Waals surface area contributed by atoms with Gasteiger partial charge in [-0.15, -0.1) is 23.5 Å². The van der Waals surface area contributed by atoms with Crippen LogP contribution in [-0.2, 0) is 0 Å². The number of benzene rings is 2. The third kappa shape index (κ3) is 2.67. The number of fused-ring (bicyclic) bond motifs is 1. The summed E-state index contributed by atoms with van der Waals surface area (Å²) in [7, 11) is 0. The summed E-state index contributed by atoms with van der Waals surface area (Å²) >= 11 is 7.52. The highest BCUT2D eigenvalue weighted by molar-refractivity contribution is 9.10. The van der Waals surface area contributed by atoms with Crippen LogP contribution in [-0.4, -0.2) is 18.3 Å². The van der Waals surface area contributed by atoms with Gasteiger partial charge in [-0.1, -0.05) is 28.1 Å². The molecule has 21 heavy (non-hydrogen) atoms. The van der Waals surface area contributed by atoms with Crippen LogP contribution in [0.5, 0.6) is 11.5 Å². The van der Waals surface area contributed by atoms with E-state index in [1.807, 2.05) is 23.5 Å². The van der Waals surface area contributed by atoms with Crippen LogP contribution in [0.2, 0.25) is 0 Å². The minimum Gasteiger partial charge on any atom is -0.454 e. The summed E-state index contributed by atoms with van der Waals surface area (Å²) in [5.74, 6) is 4.15. The minimum absolute atomic E-state index is 0.323. The average Bonchev–Trinajstić information content (AvgIpc) is 3.17. The van der Waals surface area contributed by atoms with E-state index < -0.39 is 0 Å². The lowest BCUT2D eigenvalue weighted by atomic mass is 9.99. The zero-order chi connectivity index (χ0) is 14.2. The van der Waals surface area contributed by atoms with Gasteiger partial charge in [0.1, 0.15) is 0 Å². The van der Waals surface area contributed by atoms with E-state index in [-0.39, 0.29) is 0 Å². The first-order valence-electron chi connectivity index (χ1n) is 6.74. The van der Waals surface area contributed by atoms with Crippen LogP contribution in [0.1, 0.15) is 10.1 Å². The molecule has 2 aliphatic rings. The van der Waals surface area contributed by atoms with Crippen molar-refractivity contribution in [3.05, 3.63) is 46.4 Å². The van der Waals surface area contributed by atoms with Crippen LogP contribution >= 0.6 is 39.5 Å². The molecule has 2 nitrogen and oxygen atoms in total. The summed E-state index contributed by atoms with van der Waals surface area (Å²) in [4.78, 5) is 0. The molecular formula is C16H13BrO2S2. The molecule has 0 unspecified atom stereocenters. The molecule has 0 N–H and O–H groups in total. The maximum atomic E-state index is 5.56. The van der Waals surface area contributed by atoms with Crippen molar-refractivity contribution in [3.63, 3.8) is 0 Å². The maximum Gasteiger partial charge on any atom is 0.231 e. The highest BCUT2D eigenvalue weighted by Crippen LogP contribution is 2.51. The van der Waals surface area contributed by atoms with Crippen molar-refractivity contribution in [2.75, 3.05) is 18.3 Å². The van der Waals surface area contributed by atoms with Gasteiger partial charge in [-0.25, -0.2) is 0 Å². The Morgan fingerprint density at radius 1 is 0.952 bits per heavy atom. The SMILES string of the molecule is Brc1ccc(-c2cc3c(cc2C2SCCS2)OCO3)cc1. The van der Waals surface area contributed by atoms with Crippen molar-refractivity contribution in [1.82, 2.24) is 0 Å². The van der Waals surface area contributed by atoms with Gasteiger partial charge in [0.25, 0.3) is 0 Å². The molecule has 108 valence electrons. The number of hydrogen-bond donors (Lipinski definition) is 0. The Labute approximate surface area is 140 Å². The van der Waals surface area contributed by atoms with Gasteiger partial charge in [-0.2, -0.15) is 0 Å². The third-order valence-corrected chi connectivity index (χ3v) is 7.17. The lowest BCUT2D eigenvalue weighted by molar-refractivity contribution is 0.174. The maximum absolute atomic E-state index is 5.56. The Bertz CT molecular complexity index is 667. The zero-order valence-corrected chi connectivity index (χ0v) is 14.4. The summed E-state index contributed by atoms with van der Waals surface area (Å²) in [6, 6.07) is 12.7. The highest BCUT2D eigenvalue weighted by atomic mass is 79.9. The van der Waals surface area contributed by atoms with E-state index in [1.165, 1.54) is 28.2 Å². The van der Waals surface area contributed by atoms with E-state index in [4.69, 9.17) is 9.47 Å². The summed E-state index contributed by atoms with van der Waals surface area (Å²) < 4.78 is 12.7. The van der Waals surface area contributed by atoms with Gasteiger partial charge < -0.3 is 9.47 Å². The Morgan fingerprint density at radius 2 is 1.62 bits per heavy atom. The molecule has 0 bridgehead atoms. The second-order valence-electron chi connectivity index (χ2n) is 4.87. The van der Waals surface area contributed by atoms with Gasteiger partial charge in [-0.3, -0.25) is 0 Å². The number of rotatable bonds is 2. The molecule has 0 saturated carbocycles. The van der Waals surface area contributed by atoms with Gasteiger partial charge in [0.15, 0.2) is 11.5 Å². The van der Waals surface area contributed by atoms with E-state index in [2.05, 4.69) is 52.3 Å². The van der Waals surface area contributed by atoms with Gasteiger partial charge in [0.05, 0.1) is 4.58 Å². The predicted molar refractivity (Wildman–Crippen MR) is 93.4 cm³/mol. The molecule has 2 aliphatic heterocycles. The molecular weight excluding hydrogens is 368 g/mol. The summed E-state index contributed by atoms with van der Waals surface area (Å²) in [5, 5.41) is 0. The van der Waals surface area contributed by atoms with Gasteiger partial charge in [0.2, 0.25) is 6.79 Å². The first kappa shape index (κ1) is 13.9. The molecule has 2 aromatic rings. The first-order valence-corrected chi connectivity index (χ1v) is 9.63. The van der Waals surface area contributed by atoms with Crippen LogP contribution < -0.4 is 9.47 Å². The van der Waals surface area contributed by atoms with Crippen molar-refractivity contribution >= 4 is 39.5 Å². The normalized spacial score (nSPS) is 17.4. The molecule has 0 amide bonds. The van der Waals surface area contributed by atoms with Crippen LogP contribution in [0.4, 0.5) is 0 Å². The quantitative estimate of drug-likeness (QED) is 0.700. The fourth-order valence-electron chi connectivity index (χ4n) is 2.57. The van der Waals surface area contributed by atoms with Crippen LogP contribution in [0.25, 0.3) is 11.1 Å². The van der Waals surface area contributed by atoms with Crippen LogP contribution in [0, 0.1) is 0 Å². The fourth-order valence-corrected chi connectivity index (χ4v) is 5.74. The topological polar surface area (TPSA) is 18.5 Å². The Morgan fingerprint density at radius 3 is 2.33 bits per heavy atom. The Kier molecular flexibility index (Phi) is 3.81. The molecule has 0 atom stereocenters. The minimum atomic E-state index is 0.323. The van der Waals surface area contributed by atoms with E-state index >= 15 is 0 Å². The standard InChI is InChI=1S/C16H13BrO2S2/c17-11-3-1-10(2-4-11)12-7-14-15(19-9-18-14)8-13(12)16-20-5-6-21-16/h1-4,7-8,16H,5-6,9H2. The van der Waals surface area contributed by atoms with E-state index in [0.29, 0.717) is 11.4 Å². The third-order valence-electron chi connectivity index (χ3n) is 3.58. The smallest absolute Gasteiger partial charge is 0.231 e. The largest absolute Gasteiger partial charge is 0.454 e. The van der Waals surface area contributed by atoms with Gasteiger partial charge in [0, 0.05) is 16.0 Å². The van der Waals surface area contributed by atoms with Crippen molar-refractivity contribution in [2.45, 2.75) is 4.58 Å². The van der Waals surface area contributed by atoms with Gasteiger partial charge >= 0.3 is 0 Å². The number of halogens is 1. The van der Waals surface area contributed by atoms with Gasteiger partial charge in [-0.05, 0) is 41.0 Å². The molecule has 5 heteroatoms. The molecule has 0 radical (unpaired) electrons. The summed E-state index contributed by atoms with van der Waals surface area (Å²) in [5.41, 5.74) is 3.81. The number of hydrogen-bond acceptors (Lipinski definition) is 4. The molecule has 4 rings (SSSR count). The lowest BCUT2D eigenvalue weighted by Crippen LogP contribution is -1.93. The van der Waals surface area contributed by atoms with Crippen molar-refractivity contribution in [3.8, 4) is 22.6 Å². The monoisotopic (exact) mass is 380 g/mol. The highest BCUT2D eigenvalue weighted by Gasteiger charge is 2.26.